The predicted molar refractivity (Wildman–Crippen MR) is 60.1 cm³/mol. The largest absolute Gasteiger partial charge is 0.330 e. The van der Waals surface area contributed by atoms with Crippen LogP contribution >= 0.6 is 0 Å². The van der Waals surface area contributed by atoms with Crippen LogP contribution in [-0.2, 0) is 0 Å². The summed E-state index contributed by atoms with van der Waals surface area (Å²) in [5.41, 5.74) is 6.07. The summed E-state index contributed by atoms with van der Waals surface area (Å²) in [7, 11) is 0. The molecule has 1 saturated heterocycles. The minimum Gasteiger partial charge on any atom is -0.330 e. The molecule has 2 aliphatic rings. The lowest BCUT2D eigenvalue weighted by molar-refractivity contribution is 0.212. The van der Waals surface area contributed by atoms with E-state index in [9.17, 15) is 0 Å². The zero-order chi connectivity index (χ0) is 10.9. The maximum atomic E-state index is 8.79. The summed E-state index contributed by atoms with van der Waals surface area (Å²) in [5, 5.41) is 8.79. The van der Waals surface area contributed by atoms with Crippen molar-refractivity contribution in [3.63, 3.8) is 0 Å². The second-order valence-electron chi connectivity index (χ2n) is 5.45. The summed E-state index contributed by atoms with van der Waals surface area (Å²) in [6, 6.07) is 2.99. The molecule has 1 heterocycles. The van der Waals surface area contributed by atoms with Crippen molar-refractivity contribution in [1.29, 1.82) is 5.26 Å². The van der Waals surface area contributed by atoms with Gasteiger partial charge < -0.3 is 5.73 Å². The van der Waals surface area contributed by atoms with E-state index in [1.807, 2.05) is 0 Å². The van der Waals surface area contributed by atoms with Crippen LogP contribution in [0.3, 0.4) is 0 Å². The van der Waals surface area contributed by atoms with E-state index >= 15 is 0 Å². The molecule has 0 bridgehead atoms. The molecule has 2 rings (SSSR count). The smallest absolute Gasteiger partial charge is 0.0628 e. The van der Waals surface area contributed by atoms with E-state index in [0.717, 1.165) is 26.1 Å². The second kappa shape index (κ2) is 4.11. The van der Waals surface area contributed by atoms with Crippen LogP contribution in [0.15, 0.2) is 0 Å². The van der Waals surface area contributed by atoms with Gasteiger partial charge in [0.1, 0.15) is 0 Å². The Morgan fingerprint density at radius 2 is 2.27 bits per heavy atom. The fourth-order valence-corrected chi connectivity index (χ4v) is 2.77. The number of nitrogens with zero attached hydrogens (tertiary/aromatic N) is 2. The number of hydrogen-bond acceptors (Lipinski definition) is 3. The van der Waals surface area contributed by atoms with E-state index in [2.05, 4.69) is 17.9 Å². The van der Waals surface area contributed by atoms with Crippen molar-refractivity contribution in [3.05, 3.63) is 0 Å². The second-order valence-corrected chi connectivity index (χ2v) is 5.45. The summed E-state index contributed by atoms with van der Waals surface area (Å²) < 4.78 is 0. The zero-order valence-corrected chi connectivity index (χ0v) is 9.58. The van der Waals surface area contributed by atoms with Crippen molar-refractivity contribution >= 4 is 0 Å². The number of nitriles is 1. The monoisotopic (exact) mass is 207 g/mol. The molecular formula is C12H21N3. The quantitative estimate of drug-likeness (QED) is 0.757. The van der Waals surface area contributed by atoms with Crippen LogP contribution in [0, 0.1) is 22.7 Å². The molecule has 0 amide bonds. The Morgan fingerprint density at radius 1 is 1.53 bits per heavy atom. The third-order valence-corrected chi connectivity index (χ3v) is 4.07. The first kappa shape index (κ1) is 10.9. The fraction of sp³-hybridized carbons (Fsp3) is 0.917. The third-order valence-electron chi connectivity index (χ3n) is 4.07. The van der Waals surface area contributed by atoms with Gasteiger partial charge in [-0.25, -0.2) is 0 Å². The first-order chi connectivity index (χ1) is 7.19. The molecule has 2 N–H and O–H groups in total. The van der Waals surface area contributed by atoms with Crippen LogP contribution in [0.4, 0.5) is 0 Å². The lowest BCUT2D eigenvalue weighted by Crippen LogP contribution is -2.33. The first-order valence-electron chi connectivity index (χ1n) is 6.00. The molecule has 3 heteroatoms. The van der Waals surface area contributed by atoms with E-state index in [-0.39, 0.29) is 0 Å². The van der Waals surface area contributed by atoms with Crippen LogP contribution in [0.25, 0.3) is 0 Å². The van der Waals surface area contributed by atoms with Crippen LogP contribution in [0.2, 0.25) is 0 Å². The maximum absolute atomic E-state index is 8.79. The van der Waals surface area contributed by atoms with Gasteiger partial charge in [0.15, 0.2) is 0 Å². The molecule has 3 nitrogen and oxygen atoms in total. The average Bonchev–Trinajstić information content (AvgIpc) is 2.87. The highest BCUT2D eigenvalue weighted by Crippen LogP contribution is 2.50. The van der Waals surface area contributed by atoms with Crippen molar-refractivity contribution in [2.75, 3.05) is 19.6 Å². The average molecular weight is 207 g/mol. The highest BCUT2D eigenvalue weighted by molar-refractivity contribution is 5.02. The number of likely N-dealkylation sites (tertiary alicyclic amines) is 1. The van der Waals surface area contributed by atoms with Crippen molar-refractivity contribution in [1.82, 2.24) is 4.90 Å². The van der Waals surface area contributed by atoms with E-state index in [1.54, 1.807) is 0 Å². The van der Waals surface area contributed by atoms with Gasteiger partial charge in [0, 0.05) is 25.6 Å². The van der Waals surface area contributed by atoms with Gasteiger partial charge in [0.2, 0.25) is 0 Å². The Hall–Kier alpha value is -0.590. The summed E-state index contributed by atoms with van der Waals surface area (Å²) in [6.45, 7) is 5.37. The molecule has 2 unspecified atom stereocenters. The zero-order valence-electron chi connectivity index (χ0n) is 9.58. The summed E-state index contributed by atoms with van der Waals surface area (Å²) in [5.74, 6) is 0.679. The van der Waals surface area contributed by atoms with Gasteiger partial charge >= 0.3 is 0 Å². The van der Waals surface area contributed by atoms with Gasteiger partial charge in [-0.3, -0.25) is 4.90 Å². The molecule has 84 valence electrons. The Bertz CT molecular complexity index is 265. The summed E-state index contributed by atoms with van der Waals surface area (Å²) >= 11 is 0. The Balaban J connectivity index is 1.88. The number of nitrogens with two attached hydrogens (primary N) is 1. The van der Waals surface area contributed by atoms with Gasteiger partial charge in [-0.2, -0.15) is 5.26 Å². The van der Waals surface area contributed by atoms with Crippen LogP contribution in [0.5, 0.6) is 0 Å². The molecule has 0 radical (unpaired) electrons. The molecule has 2 atom stereocenters. The van der Waals surface area contributed by atoms with Crippen molar-refractivity contribution in [2.45, 2.75) is 38.6 Å². The van der Waals surface area contributed by atoms with Crippen molar-refractivity contribution in [2.24, 2.45) is 17.1 Å². The Labute approximate surface area is 92.2 Å². The number of rotatable bonds is 4. The van der Waals surface area contributed by atoms with Crippen LogP contribution in [0.1, 0.15) is 32.6 Å². The van der Waals surface area contributed by atoms with E-state index in [4.69, 9.17) is 11.0 Å². The highest BCUT2D eigenvalue weighted by atomic mass is 15.2. The molecule has 0 aromatic rings. The molecular weight excluding hydrogens is 186 g/mol. The Morgan fingerprint density at radius 3 is 2.73 bits per heavy atom. The normalized spacial score (nSPS) is 33.9. The molecule has 0 spiro atoms. The molecule has 2 fully saturated rings. The van der Waals surface area contributed by atoms with Crippen LogP contribution in [-0.4, -0.2) is 30.6 Å². The van der Waals surface area contributed by atoms with E-state index < -0.39 is 0 Å². The molecule has 1 aliphatic heterocycles. The molecule has 1 saturated carbocycles. The van der Waals surface area contributed by atoms with Gasteiger partial charge in [-0.05, 0) is 44.1 Å². The summed E-state index contributed by atoms with van der Waals surface area (Å²) in [4.78, 5) is 2.54. The fourth-order valence-electron chi connectivity index (χ4n) is 2.77. The molecule has 15 heavy (non-hydrogen) atoms. The minimum absolute atomic E-state index is 0.354. The SMILES string of the molecule is CC1CC(CN)CN1CC1(CC#N)CC1. The first-order valence-corrected chi connectivity index (χ1v) is 6.00. The molecule has 0 aromatic heterocycles. The van der Waals surface area contributed by atoms with Gasteiger partial charge in [-0.15, -0.1) is 0 Å². The van der Waals surface area contributed by atoms with E-state index in [1.165, 1.54) is 19.3 Å². The van der Waals surface area contributed by atoms with Crippen LogP contribution < -0.4 is 5.73 Å². The molecule has 1 aliphatic carbocycles. The van der Waals surface area contributed by atoms with E-state index in [0.29, 0.717) is 17.4 Å². The maximum Gasteiger partial charge on any atom is 0.0628 e. The minimum atomic E-state index is 0.354. The topological polar surface area (TPSA) is 53.0 Å². The summed E-state index contributed by atoms with van der Waals surface area (Å²) in [6.07, 6.45) is 4.47. The Kier molecular flexibility index (Phi) is 2.99. The lowest BCUT2D eigenvalue weighted by atomic mass is 10.0. The van der Waals surface area contributed by atoms with Crippen molar-refractivity contribution < 1.29 is 0 Å². The molecule has 0 aromatic carbocycles. The lowest BCUT2D eigenvalue weighted by Gasteiger charge is -2.25. The highest BCUT2D eigenvalue weighted by Gasteiger charge is 2.45. The van der Waals surface area contributed by atoms with Gasteiger partial charge in [0.25, 0.3) is 0 Å². The standard InChI is InChI=1S/C12H21N3/c1-10-6-11(7-14)8-15(10)9-12(2-3-12)4-5-13/h10-11H,2-4,6-9,14H2,1H3. The third kappa shape index (κ3) is 2.32. The van der Waals surface area contributed by atoms with Gasteiger partial charge in [0.05, 0.1) is 6.07 Å². The number of hydrogen-bond donors (Lipinski definition) is 1. The van der Waals surface area contributed by atoms with Crippen molar-refractivity contribution in [3.8, 4) is 6.07 Å². The predicted octanol–water partition coefficient (Wildman–Crippen LogP) is 1.35. The van der Waals surface area contributed by atoms with Gasteiger partial charge in [-0.1, -0.05) is 0 Å².